The van der Waals surface area contributed by atoms with Gasteiger partial charge in [-0.2, -0.15) is 0 Å². The van der Waals surface area contributed by atoms with E-state index in [0.29, 0.717) is 18.0 Å². The van der Waals surface area contributed by atoms with Gasteiger partial charge < -0.3 is 5.11 Å². The van der Waals surface area contributed by atoms with Crippen LogP contribution in [0.3, 0.4) is 0 Å². The summed E-state index contributed by atoms with van der Waals surface area (Å²) in [7, 11) is 0. The van der Waals surface area contributed by atoms with Crippen molar-refractivity contribution in [3.05, 3.63) is 47.0 Å². The number of carbonyl (C=O) groups is 1. The molecule has 0 aromatic heterocycles. The maximum Gasteiger partial charge on any atom is 0.332 e. The predicted molar refractivity (Wildman–Crippen MR) is 76.1 cm³/mol. The molecule has 3 nitrogen and oxygen atoms in total. The smallest absolute Gasteiger partial charge is 0.332 e. The van der Waals surface area contributed by atoms with Crippen LogP contribution in [0, 0.1) is 0 Å². The number of carboxylic acid groups (broad SMARTS) is 1. The van der Waals surface area contributed by atoms with E-state index in [2.05, 4.69) is 43.0 Å². The minimum absolute atomic E-state index is 0.519. The van der Waals surface area contributed by atoms with Crippen LogP contribution in [0.15, 0.2) is 35.9 Å². The van der Waals surface area contributed by atoms with Crippen molar-refractivity contribution in [2.45, 2.75) is 32.7 Å². The van der Waals surface area contributed by atoms with Crippen LogP contribution < -0.4 is 0 Å². The van der Waals surface area contributed by atoms with Gasteiger partial charge in [-0.3, -0.25) is 4.90 Å². The van der Waals surface area contributed by atoms with Crippen LogP contribution in [0.2, 0.25) is 0 Å². The van der Waals surface area contributed by atoms with E-state index < -0.39 is 5.97 Å². The fraction of sp³-hybridized carbons (Fsp3) is 0.438. The average molecular weight is 259 g/mol. The highest BCUT2D eigenvalue weighted by Crippen LogP contribution is 2.17. The zero-order valence-corrected chi connectivity index (χ0v) is 11.6. The molecular formula is C16H21NO2. The summed E-state index contributed by atoms with van der Waals surface area (Å²) >= 11 is 0. The van der Waals surface area contributed by atoms with E-state index in [1.165, 1.54) is 11.1 Å². The Morgan fingerprint density at radius 2 is 2.00 bits per heavy atom. The topological polar surface area (TPSA) is 40.5 Å². The molecule has 0 atom stereocenters. The van der Waals surface area contributed by atoms with Gasteiger partial charge in [0.15, 0.2) is 0 Å². The van der Waals surface area contributed by atoms with E-state index in [9.17, 15) is 4.79 Å². The second-order valence-electron chi connectivity index (χ2n) is 5.43. The summed E-state index contributed by atoms with van der Waals surface area (Å²) in [6.45, 7) is 6.67. The van der Waals surface area contributed by atoms with Crippen molar-refractivity contribution in [3.8, 4) is 0 Å². The molecule has 1 aromatic carbocycles. The molecule has 2 rings (SSSR count). The summed E-state index contributed by atoms with van der Waals surface area (Å²) in [5.74, 6) is -0.245. The number of benzene rings is 1. The molecular weight excluding hydrogens is 238 g/mol. The molecule has 0 spiro atoms. The molecule has 1 aliphatic rings. The minimum Gasteiger partial charge on any atom is -0.478 e. The molecule has 3 heteroatoms. The lowest BCUT2D eigenvalue weighted by molar-refractivity contribution is -0.133. The maximum atomic E-state index is 11.0. The van der Waals surface area contributed by atoms with Crippen molar-refractivity contribution in [1.29, 1.82) is 0 Å². The minimum atomic E-state index is -0.792. The van der Waals surface area contributed by atoms with Crippen LogP contribution in [-0.2, 0) is 11.3 Å². The predicted octanol–water partition coefficient (Wildman–Crippen LogP) is 3.03. The summed E-state index contributed by atoms with van der Waals surface area (Å²) in [5.41, 5.74) is 3.11. The van der Waals surface area contributed by atoms with Crippen LogP contribution in [0.5, 0.6) is 0 Å². The van der Waals surface area contributed by atoms with Gasteiger partial charge in [0.1, 0.15) is 0 Å². The normalized spacial score (nSPS) is 16.5. The zero-order chi connectivity index (χ0) is 13.8. The second-order valence-corrected chi connectivity index (χ2v) is 5.43. The highest BCUT2D eigenvalue weighted by Gasteiger charge is 2.17. The molecule has 0 bridgehead atoms. The summed E-state index contributed by atoms with van der Waals surface area (Å²) in [4.78, 5) is 13.2. The number of aliphatic carboxylic acids is 1. The number of hydrogen-bond acceptors (Lipinski definition) is 2. The van der Waals surface area contributed by atoms with Gasteiger partial charge in [0.2, 0.25) is 0 Å². The van der Waals surface area contributed by atoms with Crippen molar-refractivity contribution in [2.24, 2.45) is 0 Å². The van der Waals surface area contributed by atoms with E-state index >= 15 is 0 Å². The summed E-state index contributed by atoms with van der Waals surface area (Å²) in [5, 5.41) is 9.02. The van der Waals surface area contributed by atoms with Crippen molar-refractivity contribution in [1.82, 2.24) is 4.90 Å². The molecule has 102 valence electrons. The lowest BCUT2D eigenvalue weighted by atomic mass is 10.0. The Balaban J connectivity index is 1.98. The van der Waals surface area contributed by atoms with Gasteiger partial charge in [-0.1, -0.05) is 44.2 Å². The van der Waals surface area contributed by atoms with E-state index in [-0.39, 0.29) is 0 Å². The molecule has 1 heterocycles. The fourth-order valence-electron chi connectivity index (χ4n) is 2.36. The number of hydrogen-bond donors (Lipinski definition) is 1. The molecule has 0 radical (unpaired) electrons. The van der Waals surface area contributed by atoms with Crippen LogP contribution in [0.25, 0.3) is 0 Å². The molecule has 19 heavy (non-hydrogen) atoms. The SMILES string of the molecule is CC(C)c1ccc(CN2CCC=C(C(=O)O)C2)cc1. The molecule has 0 saturated heterocycles. The monoisotopic (exact) mass is 259 g/mol. The van der Waals surface area contributed by atoms with Gasteiger partial charge in [-0.05, 0) is 23.5 Å². The van der Waals surface area contributed by atoms with E-state index in [4.69, 9.17) is 5.11 Å². The molecule has 0 saturated carbocycles. The standard InChI is InChI=1S/C16H21NO2/c1-12(2)14-7-5-13(6-8-14)10-17-9-3-4-15(11-17)16(18)19/h4-8,12H,3,9-11H2,1-2H3,(H,18,19). The molecule has 0 unspecified atom stereocenters. The van der Waals surface area contributed by atoms with Crippen LogP contribution >= 0.6 is 0 Å². The van der Waals surface area contributed by atoms with Crippen molar-refractivity contribution >= 4 is 5.97 Å². The Labute approximate surface area is 114 Å². The number of rotatable bonds is 4. The Bertz CT molecular complexity index is 474. The van der Waals surface area contributed by atoms with Crippen molar-refractivity contribution < 1.29 is 9.90 Å². The Hall–Kier alpha value is -1.61. The lowest BCUT2D eigenvalue weighted by Crippen LogP contribution is -2.31. The Morgan fingerprint density at radius 1 is 1.32 bits per heavy atom. The zero-order valence-electron chi connectivity index (χ0n) is 11.6. The number of carboxylic acids is 1. The van der Waals surface area contributed by atoms with Gasteiger partial charge in [-0.25, -0.2) is 4.79 Å². The summed E-state index contributed by atoms with van der Waals surface area (Å²) < 4.78 is 0. The molecule has 1 aliphatic heterocycles. The Morgan fingerprint density at radius 3 is 2.58 bits per heavy atom. The average Bonchev–Trinajstić information content (AvgIpc) is 2.39. The first kappa shape index (κ1) is 13.8. The summed E-state index contributed by atoms with van der Waals surface area (Å²) in [6, 6.07) is 8.62. The first-order valence-electron chi connectivity index (χ1n) is 6.80. The highest BCUT2D eigenvalue weighted by atomic mass is 16.4. The van der Waals surface area contributed by atoms with Gasteiger partial charge in [-0.15, -0.1) is 0 Å². The highest BCUT2D eigenvalue weighted by molar-refractivity contribution is 5.87. The van der Waals surface area contributed by atoms with E-state index in [1.54, 1.807) is 0 Å². The molecule has 1 aromatic rings. The van der Waals surface area contributed by atoms with Gasteiger partial charge >= 0.3 is 5.97 Å². The van der Waals surface area contributed by atoms with Gasteiger partial charge in [0.05, 0.1) is 0 Å². The summed E-state index contributed by atoms with van der Waals surface area (Å²) in [6.07, 6.45) is 2.66. The molecule has 1 N–H and O–H groups in total. The lowest BCUT2D eigenvalue weighted by Gasteiger charge is -2.25. The van der Waals surface area contributed by atoms with E-state index in [1.807, 2.05) is 6.08 Å². The van der Waals surface area contributed by atoms with Crippen LogP contribution in [-0.4, -0.2) is 29.1 Å². The van der Waals surface area contributed by atoms with E-state index in [0.717, 1.165) is 19.5 Å². The quantitative estimate of drug-likeness (QED) is 0.903. The Kier molecular flexibility index (Phi) is 4.38. The van der Waals surface area contributed by atoms with Gasteiger partial charge in [0, 0.05) is 25.2 Å². The molecule has 0 amide bonds. The third-order valence-corrected chi connectivity index (χ3v) is 3.56. The van der Waals surface area contributed by atoms with Crippen LogP contribution in [0.4, 0.5) is 0 Å². The van der Waals surface area contributed by atoms with Crippen LogP contribution in [0.1, 0.15) is 37.3 Å². The van der Waals surface area contributed by atoms with Crippen molar-refractivity contribution in [2.75, 3.05) is 13.1 Å². The first-order valence-corrected chi connectivity index (χ1v) is 6.80. The third kappa shape index (κ3) is 3.67. The number of nitrogens with zero attached hydrogens (tertiary/aromatic N) is 1. The molecule has 0 fully saturated rings. The second kappa shape index (κ2) is 6.02. The first-order chi connectivity index (χ1) is 9.06. The fourth-order valence-corrected chi connectivity index (χ4v) is 2.36. The van der Waals surface area contributed by atoms with Crippen molar-refractivity contribution in [3.63, 3.8) is 0 Å². The largest absolute Gasteiger partial charge is 0.478 e. The van der Waals surface area contributed by atoms with Gasteiger partial charge in [0.25, 0.3) is 0 Å². The molecule has 0 aliphatic carbocycles. The maximum absolute atomic E-state index is 11.0. The third-order valence-electron chi connectivity index (χ3n) is 3.56.